The second kappa shape index (κ2) is 5.21. The van der Waals surface area contributed by atoms with E-state index in [1.807, 2.05) is 13.0 Å². The van der Waals surface area contributed by atoms with Crippen molar-refractivity contribution < 1.29 is 9.53 Å². The lowest BCUT2D eigenvalue weighted by Crippen LogP contribution is -2.01. The molecule has 76 valence electrons. The monoisotopic (exact) mass is 194 g/mol. The van der Waals surface area contributed by atoms with Crippen LogP contribution in [0.25, 0.3) is 6.08 Å². The van der Waals surface area contributed by atoms with Crippen molar-refractivity contribution in [1.29, 1.82) is 0 Å². The van der Waals surface area contributed by atoms with Gasteiger partial charge in [-0.1, -0.05) is 0 Å². The Morgan fingerprint density at radius 1 is 1.64 bits per heavy atom. The van der Waals surface area contributed by atoms with Crippen molar-refractivity contribution in [2.24, 2.45) is 0 Å². The Labute approximate surface area is 83.2 Å². The summed E-state index contributed by atoms with van der Waals surface area (Å²) < 4.78 is 6.56. The normalized spacial score (nSPS) is 10.7. The number of rotatable bonds is 4. The first-order valence-corrected chi connectivity index (χ1v) is 4.64. The first-order chi connectivity index (χ1) is 6.77. The molecule has 1 aromatic heterocycles. The van der Waals surface area contributed by atoms with Gasteiger partial charge in [0.05, 0.1) is 12.3 Å². The first kappa shape index (κ1) is 10.5. The van der Waals surface area contributed by atoms with Crippen LogP contribution < -0.4 is 0 Å². The molecule has 4 heteroatoms. The van der Waals surface area contributed by atoms with E-state index in [2.05, 4.69) is 5.10 Å². The van der Waals surface area contributed by atoms with Crippen LogP contribution in [0.3, 0.4) is 0 Å². The number of esters is 1. The molecule has 0 atom stereocenters. The number of aromatic nitrogens is 2. The topological polar surface area (TPSA) is 44.1 Å². The fourth-order valence-corrected chi connectivity index (χ4v) is 1.09. The predicted octanol–water partition coefficient (Wildman–Crippen LogP) is 1.48. The van der Waals surface area contributed by atoms with Gasteiger partial charge in [0.2, 0.25) is 0 Å². The van der Waals surface area contributed by atoms with E-state index in [9.17, 15) is 4.79 Å². The standard InChI is InChI=1S/C10H14N2O2/c1-3-12-9(7-8-11-12)5-6-10(13)14-4-2/h5-8H,3-4H2,1-2H3/b6-5+. The molecule has 0 saturated heterocycles. The molecule has 4 nitrogen and oxygen atoms in total. The molecule has 0 bridgehead atoms. The van der Waals surface area contributed by atoms with E-state index in [-0.39, 0.29) is 5.97 Å². The summed E-state index contributed by atoms with van der Waals surface area (Å²) in [7, 11) is 0. The van der Waals surface area contributed by atoms with E-state index < -0.39 is 0 Å². The number of hydrogen-bond donors (Lipinski definition) is 0. The van der Waals surface area contributed by atoms with Gasteiger partial charge in [0.25, 0.3) is 0 Å². The highest BCUT2D eigenvalue weighted by Gasteiger charge is 1.97. The summed E-state index contributed by atoms with van der Waals surface area (Å²) >= 11 is 0. The highest BCUT2D eigenvalue weighted by Crippen LogP contribution is 2.01. The highest BCUT2D eigenvalue weighted by molar-refractivity contribution is 5.86. The van der Waals surface area contributed by atoms with Gasteiger partial charge in [-0.25, -0.2) is 4.79 Å². The third-order valence-electron chi connectivity index (χ3n) is 1.73. The summed E-state index contributed by atoms with van der Waals surface area (Å²) in [4.78, 5) is 11.0. The molecule has 0 fully saturated rings. The molecule has 1 aromatic rings. The maximum absolute atomic E-state index is 11.0. The maximum atomic E-state index is 11.0. The van der Waals surface area contributed by atoms with Gasteiger partial charge in [-0.05, 0) is 26.0 Å². The van der Waals surface area contributed by atoms with Crippen molar-refractivity contribution in [1.82, 2.24) is 9.78 Å². The minimum atomic E-state index is -0.323. The van der Waals surface area contributed by atoms with Crippen molar-refractivity contribution >= 4 is 12.0 Å². The Hall–Kier alpha value is -1.58. The van der Waals surface area contributed by atoms with Crippen LogP contribution in [0.15, 0.2) is 18.3 Å². The molecule has 0 aliphatic rings. The van der Waals surface area contributed by atoms with Gasteiger partial charge in [-0.2, -0.15) is 5.10 Å². The average molecular weight is 194 g/mol. The summed E-state index contributed by atoms with van der Waals surface area (Å²) in [5.41, 5.74) is 0.903. The van der Waals surface area contributed by atoms with E-state index in [1.54, 1.807) is 23.9 Å². The number of hydrogen-bond acceptors (Lipinski definition) is 3. The smallest absolute Gasteiger partial charge is 0.330 e. The molecular formula is C10H14N2O2. The Kier molecular flexibility index (Phi) is 3.91. The Bertz CT molecular complexity index is 329. The summed E-state index contributed by atoms with van der Waals surface area (Å²) in [6, 6.07) is 1.85. The van der Waals surface area contributed by atoms with Crippen molar-refractivity contribution in [3.05, 3.63) is 24.0 Å². The maximum Gasteiger partial charge on any atom is 0.330 e. The Morgan fingerprint density at radius 3 is 3.07 bits per heavy atom. The first-order valence-electron chi connectivity index (χ1n) is 4.64. The number of nitrogens with zero attached hydrogens (tertiary/aromatic N) is 2. The third kappa shape index (κ3) is 2.73. The van der Waals surface area contributed by atoms with Gasteiger partial charge >= 0.3 is 5.97 Å². The zero-order valence-corrected chi connectivity index (χ0v) is 8.43. The van der Waals surface area contributed by atoms with Crippen LogP contribution in [0, 0.1) is 0 Å². The molecule has 0 radical (unpaired) electrons. The van der Waals surface area contributed by atoms with E-state index in [4.69, 9.17) is 4.74 Å². The molecule has 0 saturated carbocycles. The minimum Gasteiger partial charge on any atom is -0.463 e. The second-order valence-electron chi connectivity index (χ2n) is 2.66. The third-order valence-corrected chi connectivity index (χ3v) is 1.73. The minimum absolute atomic E-state index is 0.323. The molecule has 1 heterocycles. The lowest BCUT2D eigenvalue weighted by atomic mass is 10.3. The number of ether oxygens (including phenoxy) is 1. The van der Waals surface area contributed by atoms with Crippen molar-refractivity contribution in [3.8, 4) is 0 Å². The zero-order chi connectivity index (χ0) is 10.4. The lowest BCUT2D eigenvalue weighted by Gasteiger charge is -1.98. The zero-order valence-electron chi connectivity index (χ0n) is 8.43. The summed E-state index contributed by atoms with van der Waals surface area (Å²) in [5, 5.41) is 4.07. The molecule has 1 rings (SSSR count). The molecule has 0 aromatic carbocycles. The molecule has 0 amide bonds. The van der Waals surface area contributed by atoms with Crippen molar-refractivity contribution in [2.45, 2.75) is 20.4 Å². The molecule has 0 unspecified atom stereocenters. The summed E-state index contributed by atoms with van der Waals surface area (Å²) in [5.74, 6) is -0.323. The van der Waals surface area contributed by atoms with Crippen molar-refractivity contribution in [2.75, 3.05) is 6.61 Å². The van der Waals surface area contributed by atoms with E-state index in [0.717, 1.165) is 12.2 Å². The molecule has 0 spiro atoms. The SMILES string of the molecule is CCOC(=O)/C=C/c1ccnn1CC. The van der Waals surface area contributed by atoms with Gasteiger partial charge in [-0.15, -0.1) is 0 Å². The summed E-state index contributed by atoms with van der Waals surface area (Å²) in [6.45, 7) is 4.96. The molecule has 0 aliphatic carbocycles. The predicted molar refractivity (Wildman–Crippen MR) is 53.6 cm³/mol. The van der Waals surface area contributed by atoms with Crippen LogP contribution in [-0.4, -0.2) is 22.4 Å². The summed E-state index contributed by atoms with van der Waals surface area (Å²) in [6.07, 6.45) is 4.81. The van der Waals surface area contributed by atoms with E-state index in [1.165, 1.54) is 6.08 Å². The number of carbonyl (C=O) groups excluding carboxylic acids is 1. The van der Waals surface area contributed by atoms with Gasteiger partial charge in [0, 0.05) is 18.8 Å². The molecular weight excluding hydrogens is 180 g/mol. The number of aryl methyl sites for hydroxylation is 1. The van der Waals surface area contributed by atoms with Crippen LogP contribution in [0.4, 0.5) is 0 Å². The van der Waals surface area contributed by atoms with Crippen LogP contribution >= 0.6 is 0 Å². The lowest BCUT2D eigenvalue weighted by molar-refractivity contribution is -0.137. The highest BCUT2D eigenvalue weighted by atomic mass is 16.5. The van der Waals surface area contributed by atoms with Crippen LogP contribution in [0.2, 0.25) is 0 Å². The molecule has 0 N–H and O–H groups in total. The largest absolute Gasteiger partial charge is 0.463 e. The second-order valence-corrected chi connectivity index (χ2v) is 2.66. The number of carbonyl (C=O) groups is 1. The average Bonchev–Trinajstić information content (AvgIpc) is 2.62. The Morgan fingerprint density at radius 2 is 2.43 bits per heavy atom. The Balaban J connectivity index is 2.63. The van der Waals surface area contributed by atoms with Gasteiger partial charge < -0.3 is 4.74 Å². The fraction of sp³-hybridized carbons (Fsp3) is 0.400. The quantitative estimate of drug-likeness (QED) is 0.538. The van der Waals surface area contributed by atoms with E-state index in [0.29, 0.717) is 6.61 Å². The van der Waals surface area contributed by atoms with Gasteiger partial charge in [0.1, 0.15) is 0 Å². The molecule has 14 heavy (non-hydrogen) atoms. The van der Waals surface area contributed by atoms with Gasteiger partial charge in [0.15, 0.2) is 0 Å². The van der Waals surface area contributed by atoms with Crippen LogP contribution in [0.1, 0.15) is 19.5 Å². The van der Waals surface area contributed by atoms with Gasteiger partial charge in [-0.3, -0.25) is 4.68 Å². The fourth-order valence-electron chi connectivity index (χ4n) is 1.09. The molecule has 0 aliphatic heterocycles. The van der Waals surface area contributed by atoms with Crippen LogP contribution in [-0.2, 0) is 16.1 Å². The van der Waals surface area contributed by atoms with Crippen molar-refractivity contribution in [3.63, 3.8) is 0 Å². The van der Waals surface area contributed by atoms with Crippen LogP contribution in [0.5, 0.6) is 0 Å². The van der Waals surface area contributed by atoms with E-state index >= 15 is 0 Å².